The number of carbonyl (C=O) groups excluding carboxylic acids is 1. The van der Waals surface area contributed by atoms with Gasteiger partial charge in [-0.1, -0.05) is 12.2 Å². The first-order chi connectivity index (χ1) is 9.11. The molecule has 0 unspecified atom stereocenters. The number of nitrogens with one attached hydrogen (secondary N) is 2. The van der Waals surface area contributed by atoms with Crippen molar-refractivity contribution in [2.45, 2.75) is 0 Å². The summed E-state index contributed by atoms with van der Waals surface area (Å²) >= 11 is 5.02. The fourth-order valence-electron chi connectivity index (χ4n) is 1.53. The fourth-order valence-corrected chi connectivity index (χ4v) is 1.76. The molecule has 1 heterocycles. The van der Waals surface area contributed by atoms with Crippen molar-refractivity contribution in [1.29, 1.82) is 0 Å². The highest BCUT2D eigenvalue weighted by Crippen LogP contribution is 2.28. The minimum Gasteiger partial charge on any atom is -0.506 e. The van der Waals surface area contributed by atoms with E-state index in [9.17, 15) is 9.90 Å². The van der Waals surface area contributed by atoms with Gasteiger partial charge in [-0.3, -0.25) is 4.79 Å². The zero-order valence-electron chi connectivity index (χ0n) is 10.1. The topological polar surface area (TPSA) is 74.3 Å². The summed E-state index contributed by atoms with van der Waals surface area (Å²) in [5.74, 6) is 0.0494. The van der Waals surface area contributed by atoms with Crippen molar-refractivity contribution in [2.24, 2.45) is 0 Å². The van der Waals surface area contributed by atoms with E-state index in [-0.39, 0.29) is 11.7 Å². The Hall–Kier alpha value is -2.34. The molecule has 0 spiro atoms. The number of amides is 1. The van der Waals surface area contributed by atoms with E-state index in [0.29, 0.717) is 21.6 Å². The van der Waals surface area contributed by atoms with Crippen LogP contribution in [0.1, 0.15) is 10.4 Å². The van der Waals surface area contributed by atoms with Gasteiger partial charge in [0.1, 0.15) is 16.1 Å². The Bertz CT molecular complexity index is 667. The highest BCUT2D eigenvalue weighted by atomic mass is 32.1. The number of aromatic hydroxyl groups is 1. The second-order valence-electron chi connectivity index (χ2n) is 3.75. The van der Waals surface area contributed by atoms with Gasteiger partial charge in [0.05, 0.1) is 18.4 Å². The van der Waals surface area contributed by atoms with Crippen molar-refractivity contribution in [3.05, 3.63) is 46.7 Å². The molecule has 0 radical (unpaired) electrons. The molecule has 0 fully saturated rings. The molecule has 2 rings (SSSR count). The minimum absolute atomic E-state index is 0.0708. The lowest BCUT2D eigenvalue weighted by Crippen LogP contribution is -2.12. The molecular formula is C13H12N2O3S. The van der Waals surface area contributed by atoms with Crippen molar-refractivity contribution >= 4 is 23.8 Å². The Balaban J connectivity index is 2.25. The number of hydrogen-bond donors (Lipinski definition) is 3. The highest BCUT2D eigenvalue weighted by molar-refractivity contribution is 7.71. The molecule has 1 amide bonds. The molecule has 19 heavy (non-hydrogen) atoms. The molecule has 0 aliphatic heterocycles. The van der Waals surface area contributed by atoms with E-state index in [1.807, 2.05) is 0 Å². The highest BCUT2D eigenvalue weighted by Gasteiger charge is 2.10. The van der Waals surface area contributed by atoms with Crippen LogP contribution >= 0.6 is 12.2 Å². The standard InChI is InChI=1S/C13H12N2O3S/c1-18-8-4-5-10(11(16)7-8)15-12(17)9-3-2-6-14-13(9)19/h2-7,16H,1H3,(H,14,19)(H,15,17). The number of ether oxygens (including phenoxy) is 1. The molecule has 0 saturated carbocycles. The Morgan fingerprint density at radius 2 is 2.21 bits per heavy atom. The predicted molar refractivity (Wildman–Crippen MR) is 74.2 cm³/mol. The number of phenolic OH excluding ortho intramolecular Hbond substituents is 1. The number of pyridine rings is 1. The van der Waals surface area contributed by atoms with E-state index < -0.39 is 0 Å². The van der Waals surface area contributed by atoms with Gasteiger partial charge >= 0.3 is 0 Å². The van der Waals surface area contributed by atoms with Crippen LogP contribution in [0.3, 0.4) is 0 Å². The number of aromatic amines is 1. The van der Waals surface area contributed by atoms with E-state index in [4.69, 9.17) is 17.0 Å². The summed E-state index contributed by atoms with van der Waals surface area (Å²) in [6.07, 6.45) is 1.64. The maximum Gasteiger partial charge on any atom is 0.258 e. The molecule has 5 nitrogen and oxygen atoms in total. The second kappa shape index (κ2) is 5.53. The average molecular weight is 276 g/mol. The smallest absolute Gasteiger partial charge is 0.258 e. The van der Waals surface area contributed by atoms with Gasteiger partial charge in [0.2, 0.25) is 0 Å². The van der Waals surface area contributed by atoms with Crippen LogP contribution < -0.4 is 10.1 Å². The van der Waals surface area contributed by atoms with Gasteiger partial charge in [0.25, 0.3) is 5.91 Å². The summed E-state index contributed by atoms with van der Waals surface area (Å²) in [6, 6.07) is 7.90. The van der Waals surface area contributed by atoms with E-state index in [1.165, 1.54) is 13.2 Å². The molecule has 98 valence electrons. The molecule has 0 aliphatic carbocycles. The van der Waals surface area contributed by atoms with E-state index in [1.54, 1.807) is 30.5 Å². The summed E-state index contributed by atoms with van der Waals surface area (Å²) in [5, 5.41) is 12.3. The molecule has 1 aromatic carbocycles. The van der Waals surface area contributed by atoms with Gasteiger partial charge in [-0.25, -0.2) is 0 Å². The van der Waals surface area contributed by atoms with Crippen molar-refractivity contribution < 1.29 is 14.6 Å². The van der Waals surface area contributed by atoms with Gasteiger partial charge in [0, 0.05) is 12.3 Å². The number of H-pyrrole nitrogens is 1. The number of carbonyl (C=O) groups is 1. The van der Waals surface area contributed by atoms with Gasteiger partial charge in [-0.2, -0.15) is 0 Å². The van der Waals surface area contributed by atoms with Crippen molar-refractivity contribution in [3.8, 4) is 11.5 Å². The van der Waals surface area contributed by atoms with Crippen LogP contribution in [0.15, 0.2) is 36.5 Å². The predicted octanol–water partition coefficient (Wildman–Crippen LogP) is 2.71. The first kappa shape index (κ1) is 13.1. The third-order valence-corrected chi connectivity index (χ3v) is 2.85. The zero-order chi connectivity index (χ0) is 13.8. The Morgan fingerprint density at radius 3 is 2.84 bits per heavy atom. The lowest BCUT2D eigenvalue weighted by molar-refractivity contribution is 0.102. The number of rotatable bonds is 3. The van der Waals surface area contributed by atoms with Gasteiger partial charge in [-0.05, 0) is 24.3 Å². The molecule has 0 atom stereocenters. The van der Waals surface area contributed by atoms with Gasteiger partial charge in [0.15, 0.2) is 0 Å². The maximum absolute atomic E-state index is 12.0. The first-order valence-electron chi connectivity index (χ1n) is 5.48. The van der Waals surface area contributed by atoms with Crippen LogP contribution in [-0.2, 0) is 0 Å². The summed E-state index contributed by atoms with van der Waals surface area (Å²) in [5.41, 5.74) is 0.636. The first-order valence-corrected chi connectivity index (χ1v) is 5.88. The molecule has 0 aliphatic rings. The molecule has 0 bridgehead atoms. The van der Waals surface area contributed by atoms with Crippen LogP contribution in [0.25, 0.3) is 0 Å². The fraction of sp³-hybridized carbons (Fsp3) is 0.0769. The average Bonchev–Trinajstić information content (AvgIpc) is 2.41. The van der Waals surface area contributed by atoms with Gasteiger partial charge in [-0.15, -0.1) is 0 Å². The summed E-state index contributed by atoms with van der Waals surface area (Å²) in [7, 11) is 1.50. The monoisotopic (exact) mass is 276 g/mol. The normalized spacial score (nSPS) is 9.95. The largest absolute Gasteiger partial charge is 0.506 e. The third-order valence-electron chi connectivity index (χ3n) is 2.52. The van der Waals surface area contributed by atoms with E-state index >= 15 is 0 Å². The van der Waals surface area contributed by atoms with Crippen LogP contribution in [0.4, 0.5) is 5.69 Å². The Morgan fingerprint density at radius 1 is 1.42 bits per heavy atom. The van der Waals surface area contributed by atoms with Crippen molar-refractivity contribution in [2.75, 3.05) is 12.4 Å². The number of aromatic nitrogens is 1. The van der Waals surface area contributed by atoms with Crippen LogP contribution in [0.2, 0.25) is 0 Å². The van der Waals surface area contributed by atoms with Crippen LogP contribution in [0, 0.1) is 4.64 Å². The lowest BCUT2D eigenvalue weighted by atomic mass is 10.2. The van der Waals surface area contributed by atoms with Crippen LogP contribution in [-0.4, -0.2) is 23.1 Å². The molecule has 6 heteroatoms. The number of methoxy groups -OCH3 is 1. The molecular weight excluding hydrogens is 264 g/mol. The quantitative estimate of drug-likeness (QED) is 0.595. The van der Waals surface area contributed by atoms with E-state index in [0.717, 1.165) is 0 Å². The summed E-state index contributed by atoms with van der Waals surface area (Å²) in [6.45, 7) is 0. The van der Waals surface area contributed by atoms with Crippen molar-refractivity contribution in [3.63, 3.8) is 0 Å². The maximum atomic E-state index is 12.0. The molecule has 0 saturated heterocycles. The number of phenols is 1. The van der Waals surface area contributed by atoms with Crippen LogP contribution in [0.5, 0.6) is 11.5 Å². The van der Waals surface area contributed by atoms with Gasteiger partial charge < -0.3 is 20.1 Å². The Kier molecular flexibility index (Phi) is 3.82. The summed E-state index contributed by atoms with van der Waals surface area (Å²) < 4.78 is 5.31. The second-order valence-corrected chi connectivity index (χ2v) is 4.16. The number of benzene rings is 1. The zero-order valence-corrected chi connectivity index (χ0v) is 11.0. The number of anilines is 1. The van der Waals surface area contributed by atoms with E-state index in [2.05, 4.69) is 10.3 Å². The third kappa shape index (κ3) is 2.92. The lowest BCUT2D eigenvalue weighted by Gasteiger charge is -2.08. The van der Waals surface area contributed by atoms with Crippen molar-refractivity contribution in [1.82, 2.24) is 4.98 Å². The molecule has 3 N–H and O–H groups in total. The SMILES string of the molecule is COc1ccc(NC(=O)c2ccc[nH]c2=S)c(O)c1. The summed E-state index contributed by atoms with van der Waals surface area (Å²) in [4.78, 5) is 14.8. The molecule has 2 aromatic rings. The Labute approximate surface area is 114 Å². The number of hydrogen-bond acceptors (Lipinski definition) is 4. The molecule has 1 aromatic heterocycles. The minimum atomic E-state index is -0.387.